The lowest BCUT2D eigenvalue weighted by Crippen LogP contribution is -2.39. The van der Waals surface area contributed by atoms with Crippen LogP contribution in [0.15, 0.2) is 10.9 Å². The van der Waals surface area contributed by atoms with E-state index in [2.05, 4.69) is 0 Å². The number of hydrogen-bond donors (Lipinski definition) is 0. The van der Waals surface area contributed by atoms with Gasteiger partial charge in [0.15, 0.2) is 5.75 Å². The van der Waals surface area contributed by atoms with E-state index in [1.54, 1.807) is 45.6 Å². The molecule has 1 aromatic heterocycles. The molecule has 0 unspecified atom stereocenters. The second-order valence-electron chi connectivity index (χ2n) is 9.44. The summed E-state index contributed by atoms with van der Waals surface area (Å²) in [6, 6.07) is 1.63. The number of hydrogen-bond acceptors (Lipinski definition) is 5. The SMILES string of the molecule is CCOc1c(C(=O)N(CC(C)C)CC(C)C)cc(C)n(CC(=O)OC(C)(C)C)c1=O. The first-order chi connectivity index (χ1) is 13.8. The summed E-state index contributed by atoms with van der Waals surface area (Å²) in [5.41, 5.74) is -0.408. The molecule has 30 heavy (non-hydrogen) atoms. The summed E-state index contributed by atoms with van der Waals surface area (Å²) in [4.78, 5) is 40.5. The van der Waals surface area contributed by atoms with Crippen LogP contribution in [0.4, 0.5) is 0 Å². The van der Waals surface area contributed by atoms with E-state index in [-0.39, 0.29) is 42.2 Å². The zero-order valence-corrected chi connectivity index (χ0v) is 20.0. The van der Waals surface area contributed by atoms with Crippen LogP contribution in [0.3, 0.4) is 0 Å². The maximum absolute atomic E-state index is 13.3. The van der Waals surface area contributed by atoms with E-state index in [4.69, 9.17) is 9.47 Å². The van der Waals surface area contributed by atoms with Gasteiger partial charge in [-0.3, -0.25) is 19.0 Å². The Hall–Kier alpha value is -2.31. The van der Waals surface area contributed by atoms with E-state index in [0.29, 0.717) is 18.8 Å². The van der Waals surface area contributed by atoms with Crippen LogP contribution in [0.1, 0.15) is 71.4 Å². The molecule has 0 saturated heterocycles. The van der Waals surface area contributed by atoms with Crippen molar-refractivity contribution in [2.75, 3.05) is 19.7 Å². The summed E-state index contributed by atoms with van der Waals surface area (Å²) in [5.74, 6) is -0.191. The van der Waals surface area contributed by atoms with E-state index in [1.165, 1.54) is 4.57 Å². The third-order valence-electron chi connectivity index (χ3n) is 4.15. The molecule has 1 heterocycles. The molecule has 7 nitrogen and oxygen atoms in total. The summed E-state index contributed by atoms with van der Waals surface area (Å²) >= 11 is 0. The van der Waals surface area contributed by atoms with Gasteiger partial charge >= 0.3 is 5.97 Å². The Morgan fingerprint density at radius 3 is 2.07 bits per heavy atom. The number of amides is 1. The molecule has 0 radical (unpaired) electrons. The Labute approximate surface area is 180 Å². The van der Waals surface area contributed by atoms with E-state index in [9.17, 15) is 14.4 Å². The molecule has 0 aromatic carbocycles. The number of esters is 1. The van der Waals surface area contributed by atoms with E-state index in [0.717, 1.165) is 0 Å². The third-order valence-corrected chi connectivity index (χ3v) is 4.15. The van der Waals surface area contributed by atoms with Crippen molar-refractivity contribution in [1.29, 1.82) is 0 Å². The third kappa shape index (κ3) is 7.50. The van der Waals surface area contributed by atoms with Crippen molar-refractivity contribution >= 4 is 11.9 Å². The Balaban J connectivity index is 3.41. The first-order valence-corrected chi connectivity index (χ1v) is 10.6. The summed E-state index contributed by atoms with van der Waals surface area (Å²) in [5, 5.41) is 0. The fourth-order valence-electron chi connectivity index (χ4n) is 3.18. The molecule has 0 N–H and O–H groups in total. The number of carbonyl (C=O) groups is 2. The van der Waals surface area contributed by atoms with Gasteiger partial charge in [-0.25, -0.2) is 0 Å². The number of aromatic nitrogens is 1. The zero-order valence-electron chi connectivity index (χ0n) is 20.0. The number of carbonyl (C=O) groups excluding carboxylic acids is 2. The van der Waals surface area contributed by atoms with Gasteiger partial charge in [-0.05, 0) is 52.5 Å². The zero-order chi connectivity index (χ0) is 23.2. The van der Waals surface area contributed by atoms with Crippen LogP contribution in [0.2, 0.25) is 0 Å². The van der Waals surface area contributed by atoms with Crippen LogP contribution < -0.4 is 10.3 Å². The Morgan fingerprint density at radius 2 is 1.63 bits per heavy atom. The highest BCUT2D eigenvalue weighted by molar-refractivity contribution is 5.97. The molecular formula is C23H38N2O5. The Bertz CT molecular complexity index is 793. The number of ether oxygens (including phenoxy) is 2. The van der Waals surface area contributed by atoms with Crippen LogP contribution in [0.5, 0.6) is 5.75 Å². The van der Waals surface area contributed by atoms with Gasteiger partial charge in [0, 0.05) is 18.8 Å². The van der Waals surface area contributed by atoms with Gasteiger partial charge in [0.05, 0.1) is 12.2 Å². The van der Waals surface area contributed by atoms with Gasteiger partial charge in [-0.2, -0.15) is 0 Å². The molecular weight excluding hydrogens is 384 g/mol. The average molecular weight is 423 g/mol. The van der Waals surface area contributed by atoms with E-state index < -0.39 is 17.1 Å². The molecule has 0 aliphatic heterocycles. The lowest BCUT2D eigenvalue weighted by atomic mass is 10.1. The quantitative estimate of drug-likeness (QED) is 0.568. The molecule has 1 amide bonds. The second kappa shape index (κ2) is 10.6. The molecule has 0 fully saturated rings. The molecule has 7 heteroatoms. The van der Waals surface area contributed by atoms with Gasteiger partial charge in [-0.1, -0.05) is 27.7 Å². The molecule has 0 spiro atoms. The van der Waals surface area contributed by atoms with E-state index >= 15 is 0 Å². The molecule has 1 rings (SSSR count). The molecule has 0 aliphatic rings. The molecule has 0 atom stereocenters. The predicted octanol–water partition coefficient (Wildman–Crippen LogP) is 3.65. The minimum absolute atomic E-state index is 0.0193. The van der Waals surface area contributed by atoms with Crippen LogP contribution in [0, 0.1) is 18.8 Å². The number of rotatable bonds is 9. The van der Waals surface area contributed by atoms with Crippen molar-refractivity contribution in [2.45, 2.75) is 74.5 Å². The molecule has 0 bridgehead atoms. The average Bonchev–Trinajstić information content (AvgIpc) is 2.57. The van der Waals surface area contributed by atoms with Crippen molar-refractivity contribution in [1.82, 2.24) is 9.47 Å². The maximum atomic E-state index is 13.3. The molecule has 0 aliphatic carbocycles. The predicted molar refractivity (Wildman–Crippen MR) is 118 cm³/mol. The highest BCUT2D eigenvalue weighted by Crippen LogP contribution is 2.20. The molecule has 1 aromatic rings. The maximum Gasteiger partial charge on any atom is 0.326 e. The summed E-state index contributed by atoms with van der Waals surface area (Å²) in [6.07, 6.45) is 0. The standard InChI is InChI=1S/C23H38N2O5/c1-10-29-20-18(21(27)24(12-15(2)3)13-16(4)5)11-17(6)25(22(20)28)14-19(26)30-23(7,8)9/h11,15-16H,10,12-14H2,1-9H3. The lowest BCUT2D eigenvalue weighted by Gasteiger charge is -2.27. The minimum atomic E-state index is -0.651. The van der Waals surface area contributed by atoms with Gasteiger partial charge in [0.1, 0.15) is 12.1 Å². The van der Waals surface area contributed by atoms with Crippen LogP contribution >= 0.6 is 0 Å². The van der Waals surface area contributed by atoms with Crippen LogP contribution in [0.25, 0.3) is 0 Å². The fourth-order valence-corrected chi connectivity index (χ4v) is 3.18. The first-order valence-electron chi connectivity index (χ1n) is 10.6. The Morgan fingerprint density at radius 1 is 1.10 bits per heavy atom. The van der Waals surface area contributed by atoms with Gasteiger partial charge in [0.2, 0.25) is 0 Å². The number of aryl methyl sites for hydroxylation is 1. The Kier molecular flexibility index (Phi) is 9.12. The number of pyridine rings is 1. The fraction of sp³-hybridized carbons (Fsp3) is 0.696. The van der Waals surface area contributed by atoms with Gasteiger partial charge in [-0.15, -0.1) is 0 Å². The number of nitrogens with zero attached hydrogens (tertiary/aromatic N) is 2. The second-order valence-corrected chi connectivity index (χ2v) is 9.44. The summed E-state index contributed by atoms with van der Waals surface area (Å²) < 4.78 is 12.2. The van der Waals surface area contributed by atoms with Crippen molar-refractivity contribution in [3.05, 3.63) is 27.7 Å². The summed E-state index contributed by atoms with van der Waals surface area (Å²) in [6.45, 7) is 18.1. The normalized spacial score (nSPS) is 11.7. The van der Waals surface area contributed by atoms with Crippen molar-refractivity contribution in [3.8, 4) is 5.75 Å². The highest BCUT2D eigenvalue weighted by atomic mass is 16.6. The van der Waals surface area contributed by atoms with Crippen molar-refractivity contribution in [3.63, 3.8) is 0 Å². The van der Waals surface area contributed by atoms with Crippen molar-refractivity contribution < 1.29 is 19.1 Å². The smallest absolute Gasteiger partial charge is 0.326 e. The molecule has 170 valence electrons. The first kappa shape index (κ1) is 25.7. The molecule has 0 saturated carbocycles. The monoisotopic (exact) mass is 422 g/mol. The topological polar surface area (TPSA) is 77.8 Å². The van der Waals surface area contributed by atoms with Crippen molar-refractivity contribution in [2.24, 2.45) is 11.8 Å². The summed E-state index contributed by atoms with van der Waals surface area (Å²) in [7, 11) is 0. The largest absolute Gasteiger partial charge is 0.488 e. The lowest BCUT2D eigenvalue weighted by molar-refractivity contribution is -0.155. The van der Waals surface area contributed by atoms with Gasteiger partial charge < -0.3 is 14.4 Å². The van der Waals surface area contributed by atoms with Crippen LogP contribution in [-0.4, -0.2) is 46.6 Å². The minimum Gasteiger partial charge on any atom is -0.488 e. The van der Waals surface area contributed by atoms with Gasteiger partial charge in [0.25, 0.3) is 11.5 Å². The highest BCUT2D eigenvalue weighted by Gasteiger charge is 2.26. The van der Waals surface area contributed by atoms with Crippen LogP contribution in [-0.2, 0) is 16.1 Å². The van der Waals surface area contributed by atoms with E-state index in [1.807, 2.05) is 27.7 Å².